The molecule has 0 unspecified atom stereocenters. The zero-order chi connectivity index (χ0) is 12.6. The van der Waals surface area contributed by atoms with Crippen LogP contribution in [0, 0.1) is 0 Å². The van der Waals surface area contributed by atoms with Gasteiger partial charge in [-0.1, -0.05) is 6.58 Å². The van der Waals surface area contributed by atoms with E-state index in [-0.39, 0.29) is 29.2 Å². The van der Waals surface area contributed by atoms with Gasteiger partial charge >= 0.3 is 11.9 Å². The van der Waals surface area contributed by atoms with E-state index < -0.39 is 5.97 Å². The molecular weight excluding hydrogens is 228 g/mol. The summed E-state index contributed by atoms with van der Waals surface area (Å²) in [7, 11) is 0.0760. The van der Waals surface area contributed by atoms with E-state index in [9.17, 15) is 9.59 Å². The Hall–Kier alpha value is -0.970. The van der Waals surface area contributed by atoms with Crippen LogP contribution in [0.2, 0.25) is 0 Å². The molecule has 0 aliphatic carbocycles. The van der Waals surface area contributed by atoms with Gasteiger partial charge in [0.15, 0.2) is 0 Å². The van der Waals surface area contributed by atoms with E-state index in [4.69, 9.17) is 4.74 Å². The van der Waals surface area contributed by atoms with Crippen molar-refractivity contribution in [3.05, 3.63) is 12.2 Å². The number of carbonyl (C=O) groups excluding carboxylic acids is 2. The van der Waals surface area contributed by atoms with E-state index in [1.165, 1.54) is 6.92 Å². The number of rotatable bonds is 7. The van der Waals surface area contributed by atoms with Crippen LogP contribution in [0.1, 0.15) is 20.8 Å². The standard InChI is InChI=1S/C11H19O4S/c1-5-16(6-2)7-10(12)14-8-15-11(13)9(3)4/h3,5-8H2,1-2,4H3/q+1. The SMILES string of the molecule is C=C(C)C(=O)OCOC(=O)C[S+](CC)CC. The van der Waals surface area contributed by atoms with E-state index in [2.05, 4.69) is 11.3 Å². The quantitative estimate of drug-likeness (QED) is 0.294. The first kappa shape index (κ1) is 15.0. The highest BCUT2D eigenvalue weighted by Gasteiger charge is 2.19. The van der Waals surface area contributed by atoms with Crippen molar-refractivity contribution in [2.24, 2.45) is 0 Å². The van der Waals surface area contributed by atoms with Crippen molar-refractivity contribution in [3.63, 3.8) is 0 Å². The summed E-state index contributed by atoms with van der Waals surface area (Å²) < 4.78 is 9.43. The fourth-order valence-electron chi connectivity index (χ4n) is 0.888. The van der Waals surface area contributed by atoms with Crippen molar-refractivity contribution >= 4 is 22.8 Å². The lowest BCUT2D eigenvalue weighted by Gasteiger charge is -2.06. The Bertz CT molecular complexity index is 259. The summed E-state index contributed by atoms with van der Waals surface area (Å²) in [5.41, 5.74) is 0.290. The third-order valence-electron chi connectivity index (χ3n) is 1.90. The van der Waals surface area contributed by atoms with Gasteiger partial charge in [0.2, 0.25) is 12.5 Å². The molecule has 5 heteroatoms. The first-order chi connectivity index (χ1) is 7.51. The van der Waals surface area contributed by atoms with E-state index in [1.807, 2.05) is 13.8 Å². The molecule has 0 aromatic carbocycles. The lowest BCUT2D eigenvalue weighted by Crippen LogP contribution is -2.23. The van der Waals surface area contributed by atoms with Gasteiger partial charge in [0.05, 0.1) is 0 Å². The lowest BCUT2D eigenvalue weighted by molar-refractivity contribution is -0.162. The maximum atomic E-state index is 11.3. The predicted octanol–water partition coefficient (Wildman–Crippen LogP) is 1.26. The molecule has 0 atom stereocenters. The van der Waals surface area contributed by atoms with Crippen LogP contribution in [0.15, 0.2) is 12.2 Å². The fourth-order valence-corrected chi connectivity index (χ4v) is 2.12. The molecule has 0 amide bonds. The van der Waals surface area contributed by atoms with Gasteiger partial charge in [-0.25, -0.2) is 9.59 Å². The van der Waals surface area contributed by atoms with Gasteiger partial charge in [0, 0.05) is 5.57 Å². The van der Waals surface area contributed by atoms with Gasteiger partial charge in [-0.15, -0.1) is 0 Å². The minimum atomic E-state index is -0.544. The highest BCUT2D eigenvalue weighted by Crippen LogP contribution is 1.98. The van der Waals surface area contributed by atoms with Gasteiger partial charge in [0.25, 0.3) is 0 Å². The molecule has 0 heterocycles. The summed E-state index contributed by atoms with van der Waals surface area (Å²) in [6, 6.07) is 0. The minimum Gasteiger partial charge on any atom is -0.425 e. The summed E-state index contributed by atoms with van der Waals surface area (Å²) in [5.74, 6) is 1.48. The minimum absolute atomic E-state index is 0.0760. The van der Waals surface area contributed by atoms with Gasteiger partial charge in [-0.05, 0) is 31.7 Å². The van der Waals surface area contributed by atoms with E-state index >= 15 is 0 Å². The van der Waals surface area contributed by atoms with Crippen LogP contribution in [0.25, 0.3) is 0 Å². The molecule has 0 aromatic rings. The van der Waals surface area contributed by atoms with Crippen molar-refractivity contribution in [1.29, 1.82) is 0 Å². The van der Waals surface area contributed by atoms with Crippen LogP contribution < -0.4 is 0 Å². The van der Waals surface area contributed by atoms with Crippen molar-refractivity contribution in [2.45, 2.75) is 20.8 Å². The molecule has 0 spiro atoms. The Morgan fingerprint density at radius 3 is 2.19 bits per heavy atom. The smallest absolute Gasteiger partial charge is 0.359 e. The van der Waals surface area contributed by atoms with E-state index in [0.29, 0.717) is 5.75 Å². The second-order valence-corrected chi connectivity index (χ2v) is 5.85. The largest absolute Gasteiger partial charge is 0.425 e. The summed E-state index contributed by atoms with van der Waals surface area (Å²) in [6.07, 6.45) is 0. The molecule has 4 nitrogen and oxygen atoms in total. The van der Waals surface area contributed by atoms with Crippen LogP contribution in [-0.4, -0.2) is 36.0 Å². The third-order valence-corrected chi connectivity index (χ3v) is 4.17. The second kappa shape index (κ2) is 8.21. The first-order valence-corrected chi connectivity index (χ1v) is 6.86. The molecule has 0 rings (SSSR count). The Kier molecular flexibility index (Phi) is 7.72. The first-order valence-electron chi connectivity index (χ1n) is 5.13. The van der Waals surface area contributed by atoms with E-state index in [0.717, 1.165) is 11.5 Å². The Morgan fingerprint density at radius 2 is 1.75 bits per heavy atom. The van der Waals surface area contributed by atoms with Crippen molar-refractivity contribution in [1.82, 2.24) is 0 Å². The number of ether oxygens (including phenoxy) is 2. The predicted molar refractivity (Wildman–Crippen MR) is 65.2 cm³/mol. The van der Waals surface area contributed by atoms with E-state index in [1.54, 1.807) is 0 Å². The summed E-state index contributed by atoms with van der Waals surface area (Å²) in [4.78, 5) is 22.2. The van der Waals surface area contributed by atoms with Crippen LogP contribution in [0.4, 0.5) is 0 Å². The highest BCUT2D eigenvalue weighted by molar-refractivity contribution is 7.97. The average Bonchev–Trinajstić information content (AvgIpc) is 2.25. The second-order valence-electron chi connectivity index (χ2n) is 3.18. The number of carbonyl (C=O) groups is 2. The van der Waals surface area contributed by atoms with Crippen molar-refractivity contribution in [3.8, 4) is 0 Å². The van der Waals surface area contributed by atoms with Crippen molar-refractivity contribution < 1.29 is 19.1 Å². The number of esters is 2. The molecule has 0 aliphatic heterocycles. The van der Waals surface area contributed by atoms with Crippen LogP contribution in [-0.2, 0) is 30.0 Å². The van der Waals surface area contributed by atoms with Crippen LogP contribution >= 0.6 is 0 Å². The van der Waals surface area contributed by atoms with Crippen LogP contribution in [0.5, 0.6) is 0 Å². The molecule has 0 saturated heterocycles. The van der Waals surface area contributed by atoms with Crippen LogP contribution in [0.3, 0.4) is 0 Å². The molecule has 0 aliphatic rings. The molecule has 0 radical (unpaired) electrons. The fraction of sp³-hybridized carbons (Fsp3) is 0.636. The number of hydrogen-bond donors (Lipinski definition) is 0. The number of hydrogen-bond acceptors (Lipinski definition) is 4. The Labute approximate surface area is 99.3 Å². The third kappa shape index (κ3) is 6.50. The molecule has 0 aromatic heterocycles. The monoisotopic (exact) mass is 247 g/mol. The molecule has 0 bridgehead atoms. The topological polar surface area (TPSA) is 52.6 Å². The van der Waals surface area contributed by atoms with Gasteiger partial charge in [-0.2, -0.15) is 0 Å². The average molecular weight is 247 g/mol. The molecule has 0 saturated carbocycles. The molecule has 0 fully saturated rings. The zero-order valence-electron chi connectivity index (χ0n) is 10.1. The summed E-state index contributed by atoms with van der Waals surface area (Å²) in [6.45, 7) is 8.71. The van der Waals surface area contributed by atoms with Gasteiger partial charge in [0.1, 0.15) is 11.5 Å². The normalized spacial score (nSPS) is 10.0. The maximum absolute atomic E-state index is 11.3. The Morgan fingerprint density at radius 1 is 1.19 bits per heavy atom. The molecule has 16 heavy (non-hydrogen) atoms. The lowest BCUT2D eigenvalue weighted by atomic mass is 10.4. The summed E-state index contributed by atoms with van der Waals surface area (Å²) >= 11 is 0. The molecule has 92 valence electrons. The zero-order valence-corrected chi connectivity index (χ0v) is 10.9. The van der Waals surface area contributed by atoms with Gasteiger partial charge in [-0.3, -0.25) is 0 Å². The molecular formula is C11H19O4S+. The maximum Gasteiger partial charge on any atom is 0.359 e. The Balaban J connectivity index is 3.73. The summed E-state index contributed by atoms with van der Waals surface area (Å²) in [5, 5.41) is 0. The molecule has 0 N–H and O–H groups in total. The highest BCUT2D eigenvalue weighted by atomic mass is 32.2. The van der Waals surface area contributed by atoms with Gasteiger partial charge < -0.3 is 9.47 Å². The van der Waals surface area contributed by atoms with Crippen molar-refractivity contribution in [2.75, 3.05) is 24.1 Å².